The van der Waals surface area contributed by atoms with E-state index in [4.69, 9.17) is 4.42 Å². The Bertz CT molecular complexity index is 433. The normalized spacial score (nSPS) is 14.2. The topological polar surface area (TPSA) is 87.4 Å². The smallest absolute Gasteiger partial charge is 0.322 e. The summed E-state index contributed by atoms with van der Waals surface area (Å²) in [5.41, 5.74) is -0.173. The molecule has 1 unspecified atom stereocenters. The van der Waals surface area contributed by atoms with Gasteiger partial charge in [0, 0.05) is 6.54 Å². The highest BCUT2D eigenvalue weighted by atomic mass is 16.4. The molecule has 0 aliphatic rings. The SMILES string of the molecule is Cc1nc(NC(=O)NCC(C)(O)CCC(C)C)oc1C. The average Bonchev–Trinajstić information content (AvgIpc) is 2.64. The fraction of sp³-hybridized carbons (Fsp3) is 0.714. The van der Waals surface area contributed by atoms with Crippen LogP contribution in [0.4, 0.5) is 10.8 Å². The lowest BCUT2D eigenvalue weighted by Gasteiger charge is -2.24. The number of aryl methyl sites for hydroxylation is 2. The van der Waals surface area contributed by atoms with Gasteiger partial charge in [-0.1, -0.05) is 13.8 Å². The van der Waals surface area contributed by atoms with Crippen LogP contribution in [-0.4, -0.2) is 28.3 Å². The van der Waals surface area contributed by atoms with Gasteiger partial charge in [-0.2, -0.15) is 4.98 Å². The number of nitrogens with one attached hydrogen (secondary N) is 2. The molecule has 20 heavy (non-hydrogen) atoms. The summed E-state index contributed by atoms with van der Waals surface area (Å²) < 4.78 is 5.25. The van der Waals surface area contributed by atoms with Crippen molar-refractivity contribution in [2.75, 3.05) is 11.9 Å². The van der Waals surface area contributed by atoms with Crippen LogP contribution in [0.25, 0.3) is 0 Å². The molecule has 3 N–H and O–H groups in total. The minimum absolute atomic E-state index is 0.166. The minimum Gasteiger partial charge on any atom is -0.428 e. The molecule has 114 valence electrons. The highest BCUT2D eigenvalue weighted by molar-refractivity contribution is 5.87. The number of anilines is 1. The van der Waals surface area contributed by atoms with Gasteiger partial charge in [-0.25, -0.2) is 4.79 Å². The van der Waals surface area contributed by atoms with E-state index in [0.717, 1.165) is 12.1 Å². The van der Waals surface area contributed by atoms with Crippen molar-refractivity contribution in [3.63, 3.8) is 0 Å². The number of rotatable bonds is 6. The van der Waals surface area contributed by atoms with Crippen LogP contribution in [0.1, 0.15) is 45.1 Å². The number of aliphatic hydroxyl groups is 1. The van der Waals surface area contributed by atoms with Crippen molar-refractivity contribution >= 4 is 12.0 Å². The van der Waals surface area contributed by atoms with Crippen LogP contribution in [0.15, 0.2) is 4.42 Å². The summed E-state index contributed by atoms with van der Waals surface area (Å²) in [6.45, 7) is 9.69. The third-order valence-corrected chi connectivity index (χ3v) is 3.14. The molecule has 1 heterocycles. The Morgan fingerprint density at radius 1 is 1.45 bits per heavy atom. The zero-order valence-electron chi connectivity index (χ0n) is 12.9. The molecule has 1 rings (SSSR count). The number of aromatic nitrogens is 1. The van der Waals surface area contributed by atoms with Gasteiger partial charge < -0.3 is 14.8 Å². The highest BCUT2D eigenvalue weighted by Gasteiger charge is 2.21. The van der Waals surface area contributed by atoms with Crippen molar-refractivity contribution in [1.29, 1.82) is 0 Å². The largest absolute Gasteiger partial charge is 0.428 e. The summed E-state index contributed by atoms with van der Waals surface area (Å²) >= 11 is 0. The summed E-state index contributed by atoms with van der Waals surface area (Å²) in [4.78, 5) is 15.7. The van der Waals surface area contributed by atoms with Gasteiger partial charge >= 0.3 is 12.0 Å². The van der Waals surface area contributed by atoms with Gasteiger partial charge in [-0.3, -0.25) is 5.32 Å². The molecule has 0 radical (unpaired) electrons. The number of urea groups is 1. The zero-order chi connectivity index (χ0) is 15.3. The van der Waals surface area contributed by atoms with Gasteiger partial charge in [-0.05, 0) is 39.5 Å². The molecule has 0 saturated carbocycles. The first-order valence-electron chi connectivity index (χ1n) is 6.91. The van der Waals surface area contributed by atoms with Crippen LogP contribution >= 0.6 is 0 Å². The first-order chi connectivity index (χ1) is 9.19. The van der Waals surface area contributed by atoms with Crippen LogP contribution in [-0.2, 0) is 0 Å². The number of carbonyl (C=O) groups is 1. The number of nitrogens with zero attached hydrogens (tertiary/aromatic N) is 1. The highest BCUT2D eigenvalue weighted by Crippen LogP contribution is 2.16. The number of hydrogen-bond acceptors (Lipinski definition) is 4. The standard InChI is InChI=1S/C14H25N3O3/c1-9(2)6-7-14(5,19)8-15-12(18)17-13-16-10(3)11(4)20-13/h9,19H,6-8H2,1-5H3,(H2,15,16,17,18). The van der Waals surface area contributed by atoms with E-state index in [-0.39, 0.29) is 12.6 Å². The average molecular weight is 283 g/mol. The molecule has 0 fully saturated rings. The van der Waals surface area contributed by atoms with Crippen LogP contribution in [0, 0.1) is 19.8 Å². The van der Waals surface area contributed by atoms with E-state index in [1.165, 1.54) is 0 Å². The van der Waals surface area contributed by atoms with E-state index in [0.29, 0.717) is 18.1 Å². The Labute approximate surface area is 120 Å². The summed E-state index contributed by atoms with van der Waals surface area (Å²) in [5.74, 6) is 1.19. The monoisotopic (exact) mass is 283 g/mol. The van der Waals surface area contributed by atoms with Crippen molar-refractivity contribution in [1.82, 2.24) is 10.3 Å². The zero-order valence-corrected chi connectivity index (χ0v) is 12.9. The van der Waals surface area contributed by atoms with E-state index < -0.39 is 11.6 Å². The van der Waals surface area contributed by atoms with Crippen LogP contribution in [0.2, 0.25) is 0 Å². The molecule has 6 nitrogen and oxygen atoms in total. The number of amides is 2. The van der Waals surface area contributed by atoms with E-state index >= 15 is 0 Å². The van der Waals surface area contributed by atoms with E-state index in [1.54, 1.807) is 20.8 Å². The molecule has 0 bridgehead atoms. The van der Waals surface area contributed by atoms with Gasteiger partial charge in [0.1, 0.15) is 5.76 Å². The van der Waals surface area contributed by atoms with Gasteiger partial charge in [0.2, 0.25) is 0 Å². The van der Waals surface area contributed by atoms with Crippen molar-refractivity contribution in [3.8, 4) is 0 Å². The first-order valence-corrected chi connectivity index (χ1v) is 6.91. The van der Waals surface area contributed by atoms with Gasteiger partial charge in [0.15, 0.2) is 0 Å². The molecular weight excluding hydrogens is 258 g/mol. The third-order valence-electron chi connectivity index (χ3n) is 3.14. The maximum absolute atomic E-state index is 11.7. The Morgan fingerprint density at radius 2 is 2.10 bits per heavy atom. The summed E-state index contributed by atoms with van der Waals surface area (Å²) in [6.07, 6.45) is 1.55. The summed E-state index contributed by atoms with van der Waals surface area (Å²) in [7, 11) is 0. The molecule has 0 aromatic carbocycles. The van der Waals surface area contributed by atoms with Crippen LogP contribution in [0.5, 0.6) is 0 Å². The molecule has 0 saturated heterocycles. The van der Waals surface area contributed by atoms with E-state index in [1.807, 2.05) is 0 Å². The number of carbonyl (C=O) groups excluding carboxylic acids is 1. The lowest BCUT2D eigenvalue weighted by molar-refractivity contribution is 0.0481. The molecule has 1 aromatic rings. The molecule has 0 aliphatic carbocycles. The second-order valence-electron chi connectivity index (χ2n) is 5.90. The lowest BCUT2D eigenvalue weighted by Crippen LogP contribution is -2.42. The predicted octanol–water partition coefficient (Wildman–Crippen LogP) is 2.60. The number of oxazole rings is 1. The van der Waals surface area contributed by atoms with Gasteiger partial charge in [0.25, 0.3) is 0 Å². The third kappa shape index (κ3) is 5.61. The fourth-order valence-corrected chi connectivity index (χ4v) is 1.63. The predicted molar refractivity (Wildman–Crippen MR) is 77.7 cm³/mol. The van der Waals surface area contributed by atoms with Crippen molar-refractivity contribution < 1.29 is 14.3 Å². The minimum atomic E-state index is -0.913. The van der Waals surface area contributed by atoms with Gasteiger partial charge in [0.05, 0.1) is 11.3 Å². The Morgan fingerprint density at radius 3 is 2.60 bits per heavy atom. The Kier molecular flexibility index (Phi) is 5.56. The number of hydrogen-bond donors (Lipinski definition) is 3. The van der Waals surface area contributed by atoms with E-state index in [2.05, 4.69) is 29.5 Å². The van der Waals surface area contributed by atoms with Crippen LogP contribution in [0.3, 0.4) is 0 Å². The first kappa shape index (κ1) is 16.5. The second-order valence-corrected chi connectivity index (χ2v) is 5.90. The molecule has 2 amide bonds. The molecule has 1 aromatic heterocycles. The summed E-state index contributed by atoms with van der Waals surface area (Å²) in [6, 6.07) is -0.268. The molecule has 0 aliphatic heterocycles. The van der Waals surface area contributed by atoms with Crippen LogP contribution < -0.4 is 10.6 Å². The van der Waals surface area contributed by atoms with Crippen molar-refractivity contribution in [3.05, 3.63) is 11.5 Å². The maximum atomic E-state index is 11.7. The maximum Gasteiger partial charge on any atom is 0.322 e. The molecule has 1 atom stereocenters. The molecular formula is C14H25N3O3. The lowest BCUT2D eigenvalue weighted by atomic mass is 9.95. The van der Waals surface area contributed by atoms with Crippen molar-refractivity contribution in [2.24, 2.45) is 5.92 Å². The fourth-order valence-electron chi connectivity index (χ4n) is 1.63. The van der Waals surface area contributed by atoms with E-state index in [9.17, 15) is 9.90 Å². The molecule has 0 spiro atoms. The quantitative estimate of drug-likeness (QED) is 0.749. The molecule has 6 heteroatoms. The van der Waals surface area contributed by atoms with Gasteiger partial charge in [-0.15, -0.1) is 0 Å². The Balaban J connectivity index is 2.39. The van der Waals surface area contributed by atoms with Crippen molar-refractivity contribution in [2.45, 2.75) is 53.1 Å². The second kappa shape index (κ2) is 6.74. The summed E-state index contributed by atoms with van der Waals surface area (Å²) in [5, 5.41) is 15.3. The Hall–Kier alpha value is -1.56.